The lowest BCUT2D eigenvalue weighted by atomic mass is 10.1. The molecular weight excluding hydrogens is 522 g/mol. The van der Waals surface area contributed by atoms with Gasteiger partial charge in [0.15, 0.2) is 11.5 Å². The lowest BCUT2D eigenvalue weighted by Gasteiger charge is -2.34. The number of sulfonamides is 1. The number of methoxy groups -OCH3 is 1. The van der Waals surface area contributed by atoms with E-state index in [-0.39, 0.29) is 29.9 Å². The summed E-state index contributed by atoms with van der Waals surface area (Å²) in [4.78, 5) is 28.6. The first-order valence-electron chi connectivity index (χ1n) is 13.3. The third-order valence-electron chi connectivity index (χ3n) is 6.69. The average molecular weight is 562 g/mol. The van der Waals surface area contributed by atoms with Crippen LogP contribution in [0, 0.1) is 0 Å². The number of rotatable bonds is 13. The van der Waals surface area contributed by atoms with Gasteiger partial charge in [0, 0.05) is 18.7 Å². The summed E-state index contributed by atoms with van der Waals surface area (Å²) in [7, 11) is -2.29. The highest BCUT2D eigenvalue weighted by Crippen LogP contribution is 2.35. The van der Waals surface area contributed by atoms with E-state index in [9.17, 15) is 18.0 Å². The quantitative estimate of drug-likeness (QED) is 0.399. The summed E-state index contributed by atoms with van der Waals surface area (Å²) in [6, 6.07) is 11.1. The second kappa shape index (κ2) is 13.5. The van der Waals surface area contributed by atoms with Crippen molar-refractivity contribution in [2.24, 2.45) is 0 Å². The molecule has 0 aliphatic carbocycles. The Balaban J connectivity index is 1.97. The Morgan fingerprint density at radius 2 is 1.67 bits per heavy atom. The van der Waals surface area contributed by atoms with Gasteiger partial charge in [0.25, 0.3) is 0 Å². The molecular formula is C28H39N3O7S. The number of nitrogens with one attached hydrogen (secondary N) is 1. The molecule has 2 amide bonds. The average Bonchev–Trinajstić information content (AvgIpc) is 2.95. The number of hydrogen-bond acceptors (Lipinski definition) is 7. The summed E-state index contributed by atoms with van der Waals surface area (Å²) >= 11 is 0. The van der Waals surface area contributed by atoms with Crippen LogP contribution in [0.15, 0.2) is 42.5 Å². The van der Waals surface area contributed by atoms with Crippen LogP contribution < -0.4 is 23.8 Å². The molecule has 0 bridgehead atoms. The standard InChI is InChI=1S/C28H39N3O7S/c1-6-20(4)29-28(33)24(7-2)30(18-21-9-12-23(36-5)13-10-21)27(32)19-31(39(34,35)8-3)22-11-14-25-26(17-22)38-16-15-37-25/h9-14,17,20,24H,6-8,15-16,18-19H2,1-5H3,(H,29,33)/t20-,24-/m1/s1. The molecule has 0 radical (unpaired) electrons. The van der Waals surface area contributed by atoms with E-state index < -0.39 is 28.5 Å². The maximum atomic E-state index is 13.9. The van der Waals surface area contributed by atoms with Gasteiger partial charge >= 0.3 is 0 Å². The zero-order valence-electron chi connectivity index (χ0n) is 23.3. The molecule has 10 nitrogen and oxygen atoms in total. The van der Waals surface area contributed by atoms with Crippen LogP contribution in [0.25, 0.3) is 0 Å². The van der Waals surface area contributed by atoms with Gasteiger partial charge in [0.2, 0.25) is 21.8 Å². The van der Waals surface area contributed by atoms with Crippen molar-refractivity contribution in [3.63, 3.8) is 0 Å². The van der Waals surface area contributed by atoms with Crippen LogP contribution in [-0.2, 0) is 26.2 Å². The van der Waals surface area contributed by atoms with Gasteiger partial charge in [-0.05, 0) is 56.5 Å². The zero-order chi connectivity index (χ0) is 28.6. The van der Waals surface area contributed by atoms with Gasteiger partial charge in [-0.15, -0.1) is 0 Å². The molecule has 0 saturated heterocycles. The summed E-state index contributed by atoms with van der Waals surface area (Å²) in [5, 5.41) is 2.97. The molecule has 1 aliphatic rings. The fourth-order valence-corrected chi connectivity index (χ4v) is 5.25. The van der Waals surface area contributed by atoms with Gasteiger partial charge in [-0.2, -0.15) is 0 Å². The van der Waals surface area contributed by atoms with E-state index in [1.807, 2.05) is 32.9 Å². The molecule has 39 heavy (non-hydrogen) atoms. The predicted molar refractivity (Wildman–Crippen MR) is 150 cm³/mol. The lowest BCUT2D eigenvalue weighted by Crippen LogP contribution is -2.53. The third kappa shape index (κ3) is 7.56. The van der Waals surface area contributed by atoms with E-state index >= 15 is 0 Å². The molecule has 2 atom stereocenters. The maximum Gasteiger partial charge on any atom is 0.244 e. The molecule has 3 rings (SSSR count). The number of ether oxygens (including phenoxy) is 3. The van der Waals surface area contributed by atoms with Crippen LogP contribution >= 0.6 is 0 Å². The molecule has 1 aliphatic heterocycles. The fourth-order valence-electron chi connectivity index (χ4n) is 4.20. The van der Waals surface area contributed by atoms with Crippen molar-refractivity contribution in [2.45, 2.75) is 59.2 Å². The Bertz CT molecular complexity index is 1230. The largest absolute Gasteiger partial charge is 0.497 e. The fraction of sp³-hybridized carbons (Fsp3) is 0.500. The van der Waals surface area contributed by atoms with Crippen molar-refractivity contribution in [3.8, 4) is 17.2 Å². The number of anilines is 1. The van der Waals surface area contributed by atoms with Crippen LogP contribution in [-0.4, -0.2) is 69.8 Å². The van der Waals surface area contributed by atoms with E-state index in [4.69, 9.17) is 14.2 Å². The van der Waals surface area contributed by atoms with Crippen LogP contribution in [0.1, 0.15) is 46.1 Å². The first kappa shape index (κ1) is 30.1. The smallest absolute Gasteiger partial charge is 0.244 e. The summed E-state index contributed by atoms with van der Waals surface area (Å²) in [6.45, 7) is 7.61. The first-order chi connectivity index (χ1) is 18.6. The number of fused-ring (bicyclic) bond motifs is 1. The van der Waals surface area contributed by atoms with Gasteiger partial charge in [-0.1, -0.05) is 26.0 Å². The number of benzene rings is 2. The Morgan fingerprint density at radius 3 is 2.26 bits per heavy atom. The molecule has 2 aromatic rings. The Morgan fingerprint density at radius 1 is 1.00 bits per heavy atom. The number of hydrogen-bond donors (Lipinski definition) is 1. The molecule has 0 unspecified atom stereocenters. The Hall–Kier alpha value is -3.47. The SMILES string of the molecule is CC[C@@H](C)NC(=O)[C@@H](CC)N(Cc1ccc(OC)cc1)C(=O)CN(c1ccc2c(c1)OCCO2)S(=O)(=O)CC. The minimum atomic E-state index is -3.85. The second-order valence-corrected chi connectivity index (χ2v) is 11.5. The number of carbonyl (C=O) groups excluding carboxylic acids is 2. The van der Waals surface area contributed by atoms with Crippen LogP contribution in [0.4, 0.5) is 5.69 Å². The summed E-state index contributed by atoms with van der Waals surface area (Å²) in [5.41, 5.74) is 1.07. The zero-order valence-corrected chi connectivity index (χ0v) is 24.1. The molecule has 1 heterocycles. The molecule has 0 spiro atoms. The maximum absolute atomic E-state index is 13.9. The van der Waals surface area contributed by atoms with E-state index in [1.54, 1.807) is 37.4 Å². The number of nitrogens with zero attached hydrogens (tertiary/aromatic N) is 2. The Labute approximate surface area is 231 Å². The van der Waals surface area contributed by atoms with Crippen molar-refractivity contribution in [1.29, 1.82) is 0 Å². The van der Waals surface area contributed by atoms with E-state index in [0.29, 0.717) is 36.9 Å². The van der Waals surface area contributed by atoms with Gasteiger partial charge in [-0.25, -0.2) is 8.42 Å². The normalized spacial score (nSPS) is 14.2. The van der Waals surface area contributed by atoms with Crippen molar-refractivity contribution in [1.82, 2.24) is 10.2 Å². The third-order valence-corrected chi connectivity index (χ3v) is 8.43. The molecule has 11 heteroatoms. The summed E-state index contributed by atoms with van der Waals surface area (Å²) < 4.78 is 43.9. The van der Waals surface area contributed by atoms with Crippen LogP contribution in [0.2, 0.25) is 0 Å². The van der Waals surface area contributed by atoms with Crippen molar-refractivity contribution in [3.05, 3.63) is 48.0 Å². The first-order valence-corrected chi connectivity index (χ1v) is 14.9. The monoisotopic (exact) mass is 561 g/mol. The molecule has 0 saturated carbocycles. The molecule has 0 aromatic heterocycles. The van der Waals surface area contributed by atoms with Crippen LogP contribution in [0.5, 0.6) is 17.2 Å². The Kier molecular flexibility index (Phi) is 10.4. The second-order valence-electron chi connectivity index (χ2n) is 9.35. The topological polar surface area (TPSA) is 114 Å². The highest BCUT2D eigenvalue weighted by Gasteiger charge is 2.33. The molecule has 214 valence electrons. The van der Waals surface area contributed by atoms with Crippen molar-refractivity contribution in [2.75, 3.05) is 36.9 Å². The van der Waals surface area contributed by atoms with Gasteiger partial charge in [0.1, 0.15) is 31.5 Å². The highest BCUT2D eigenvalue weighted by atomic mass is 32.2. The van der Waals surface area contributed by atoms with E-state index in [0.717, 1.165) is 16.3 Å². The predicted octanol–water partition coefficient (Wildman–Crippen LogP) is 3.34. The molecule has 0 fully saturated rings. The minimum Gasteiger partial charge on any atom is -0.497 e. The van der Waals surface area contributed by atoms with E-state index in [2.05, 4.69) is 5.32 Å². The van der Waals surface area contributed by atoms with Gasteiger partial charge in [0.05, 0.1) is 18.6 Å². The summed E-state index contributed by atoms with van der Waals surface area (Å²) in [6.07, 6.45) is 1.09. The van der Waals surface area contributed by atoms with E-state index in [1.165, 1.54) is 11.8 Å². The number of amides is 2. The van der Waals surface area contributed by atoms with Gasteiger partial charge in [-0.3, -0.25) is 13.9 Å². The highest BCUT2D eigenvalue weighted by molar-refractivity contribution is 7.92. The molecule has 2 aromatic carbocycles. The molecule has 1 N–H and O–H groups in total. The lowest BCUT2D eigenvalue weighted by molar-refractivity contribution is -0.140. The number of carbonyl (C=O) groups is 2. The van der Waals surface area contributed by atoms with Gasteiger partial charge < -0.3 is 24.4 Å². The van der Waals surface area contributed by atoms with Crippen LogP contribution in [0.3, 0.4) is 0 Å². The minimum absolute atomic E-state index is 0.0702. The van der Waals surface area contributed by atoms with Crippen molar-refractivity contribution >= 4 is 27.5 Å². The van der Waals surface area contributed by atoms with Crippen molar-refractivity contribution < 1.29 is 32.2 Å². The summed E-state index contributed by atoms with van der Waals surface area (Å²) in [5.74, 6) is 0.605.